The zero-order valence-electron chi connectivity index (χ0n) is 12.1. The third-order valence-corrected chi connectivity index (χ3v) is 4.79. The predicted molar refractivity (Wildman–Crippen MR) is 75.8 cm³/mol. The number of likely N-dealkylation sites (tertiary alicyclic amines) is 1. The minimum absolute atomic E-state index is 0.360. The van der Waals surface area contributed by atoms with Crippen molar-refractivity contribution in [1.82, 2.24) is 14.5 Å². The summed E-state index contributed by atoms with van der Waals surface area (Å²) in [5.74, 6) is 0.691. The molecule has 1 saturated heterocycles. The van der Waals surface area contributed by atoms with Crippen LogP contribution in [0.2, 0.25) is 0 Å². The molecule has 0 bridgehead atoms. The standard InChI is InChI=1S/C15H23N3O2/c1-2-17-7-5-11(10-17)8-14-16-9-13-12(15(19)20)4-3-6-18(13)14/h9,11-12H,2-8,10H2,1H3,(H,19,20). The fourth-order valence-corrected chi connectivity index (χ4v) is 3.60. The van der Waals surface area contributed by atoms with Gasteiger partial charge in [0.05, 0.1) is 11.6 Å². The van der Waals surface area contributed by atoms with E-state index in [1.165, 1.54) is 13.0 Å². The summed E-state index contributed by atoms with van der Waals surface area (Å²) in [6.45, 7) is 6.60. The van der Waals surface area contributed by atoms with Crippen LogP contribution in [0.3, 0.4) is 0 Å². The number of aliphatic carboxylic acids is 1. The number of nitrogens with zero attached hydrogens (tertiary/aromatic N) is 3. The molecule has 1 fully saturated rings. The molecule has 2 atom stereocenters. The largest absolute Gasteiger partial charge is 0.481 e. The summed E-state index contributed by atoms with van der Waals surface area (Å²) in [5.41, 5.74) is 0.907. The Hall–Kier alpha value is -1.36. The lowest BCUT2D eigenvalue weighted by molar-refractivity contribution is -0.139. The molecular weight excluding hydrogens is 254 g/mol. The van der Waals surface area contributed by atoms with Gasteiger partial charge in [0.1, 0.15) is 5.82 Å². The van der Waals surface area contributed by atoms with E-state index < -0.39 is 5.97 Å². The normalized spacial score (nSPS) is 26.6. The van der Waals surface area contributed by atoms with Gasteiger partial charge in [0.25, 0.3) is 0 Å². The summed E-state index contributed by atoms with van der Waals surface area (Å²) in [7, 11) is 0. The first-order chi connectivity index (χ1) is 9.69. The van der Waals surface area contributed by atoms with Crippen LogP contribution in [0.25, 0.3) is 0 Å². The highest BCUT2D eigenvalue weighted by molar-refractivity contribution is 5.75. The summed E-state index contributed by atoms with van der Waals surface area (Å²) in [4.78, 5) is 18.3. The molecule has 2 unspecified atom stereocenters. The van der Waals surface area contributed by atoms with Gasteiger partial charge in [-0.1, -0.05) is 6.92 Å². The fourth-order valence-electron chi connectivity index (χ4n) is 3.60. The number of hydrogen-bond acceptors (Lipinski definition) is 3. The van der Waals surface area contributed by atoms with E-state index in [1.807, 2.05) is 0 Å². The average Bonchev–Trinajstić information content (AvgIpc) is 3.06. The molecule has 0 aromatic carbocycles. The Bertz CT molecular complexity index is 497. The predicted octanol–water partition coefficient (Wildman–Crippen LogP) is 1.73. The van der Waals surface area contributed by atoms with Crippen LogP contribution in [0, 0.1) is 5.92 Å². The van der Waals surface area contributed by atoms with Gasteiger partial charge in [-0.2, -0.15) is 0 Å². The SMILES string of the molecule is CCN1CCC(Cc2ncc3n2CCCC3C(=O)O)C1. The van der Waals surface area contributed by atoms with E-state index >= 15 is 0 Å². The van der Waals surface area contributed by atoms with Gasteiger partial charge in [-0.15, -0.1) is 0 Å². The molecule has 5 heteroatoms. The van der Waals surface area contributed by atoms with Crippen molar-refractivity contribution < 1.29 is 9.90 Å². The van der Waals surface area contributed by atoms with Gasteiger partial charge >= 0.3 is 5.97 Å². The van der Waals surface area contributed by atoms with Crippen LogP contribution < -0.4 is 0 Å². The molecule has 0 saturated carbocycles. The van der Waals surface area contributed by atoms with E-state index in [4.69, 9.17) is 0 Å². The first-order valence-electron chi connectivity index (χ1n) is 7.68. The molecule has 110 valence electrons. The lowest BCUT2D eigenvalue weighted by atomic mass is 9.96. The molecule has 1 aromatic heterocycles. The zero-order chi connectivity index (χ0) is 14.1. The van der Waals surface area contributed by atoms with Crippen molar-refractivity contribution in [2.45, 2.75) is 45.1 Å². The molecule has 0 aliphatic carbocycles. The lowest BCUT2D eigenvalue weighted by Gasteiger charge is -2.23. The number of carbonyl (C=O) groups is 1. The Labute approximate surface area is 119 Å². The quantitative estimate of drug-likeness (QED) is 0.910. The van der Waals surface area contributed by atoms with Crippen LogP contribution in [0.1, 0.15) is 43.6 Å². The first kappa shape index (κ1) is 13.6. The van der Waals surface area contributed by atoms with Gasteiger partial charge in [0, 0.05) is 25.7 Å². The average molecular weight is 277 g/mol. The van der Waals surface area contributed by atoms with Crippen LogP contribution >= 0.6 is 0 Å². The summed E-state index contributed by atoms with van der Waals surface area (Å²) in [6, 6.07) is 0. The van der Waals surface area contributed by atoms with Crippen molar-refractivity contribution in [1.29, 1.82) is 0 Å². The van der Waals surface area contributed by atoms with Gasteiger partial charge in [0.15, 0.2) is 0 Å². The molecule has 0 radical (unpaired) electrons. The molecule has 3 heterocycles. The topological polar surface area (TPSA) is 58.4 Å². The summed E-state index contributed by atoms with van der Waals surface area (Å²) in [6.07, 6.45) is 5.70. The maximum Gasteiger partial charge on any atom is 0.312 e. The second-order valence-electron chi connectivity index (χ2n) is 6.04. The molecule has 5 nitrogen and oxygen atoms in total. The number of hydrogen-bond donors (Lipinski definition) is 1. The molecule has 2 aliphatic heterocycles. The third-order valence-electron chi connectivity index (χ3n) is 4.79. The Morgan fingerprint density at radius 2 is 2.30 bits per heavy atom. The van der Waals surface area contributed by atoms with Crippen molar-refractivity contribution in [2.24, 2.45) is 5.92 Å². The number of rotatable bonds is 4. The second-order valence-corrected chi connectivity index (χ2v) is 6.04. The van der Waals surface area contributed by atoms with Gasteiger partial charge in [-0.3, -0.25) is 4.79 Å². The maximum atomic E-state index is 11.3. The fraction of sp³-hybridized carbons (Fsp3) is 0.733. The van der Waals surface area contributed by atoms with Crippen LogP contribution in [-0.2, 0) is 17.8 Å². The first-order valence-corrected chi connectivity index (χ1v) is 7.68. The van der Waals surface area contributed by atoms with Crippen molar-refractivity contribution in [2.75, 3.05) is 19.6 Å². The van der Waals surface area contributed by atoms with E-state index in [9.17, 15) is 9.90 Å². The van der Waals surface area contributed by atoms with Crippen LogP contribution in [-0.4, -0.2) is 45.2 Å². The summed E-state index contributed by atoms with van der Waals surface area (Å²) < 4.78 is 2.16. The van der Waals surface area contributed by atoms with Crippen LogP contribution in [0.5, 0.6) is 0 Å². The van der Waals surface area contributed by atoms with Crippen molar-refractivity contribution in [3.8, 4) is 0 Å². The second kappa shape index (κ2) is 5.56. The number of fused-ring (bicyclic) bond motifs is 1. The zero-order valence-corrected chi connectivity index (χ0v) is 12.1. The van der Waals surface area contributed by atoms with Crippen molar-refractivity contribution in [3.05, 3.63) is 17.7 Å². The van der Waals surface area contributed by atoms with Crippen LogP contribution in [0.4, 0.5) is 0 Å². The number of aromatic nitrogens is 2. The maximum absolute atomic E-state index is 11.3. The Morgan fingerprint density at radius 1 is 1.45 bits per heavy atom. The Balaban J connectivity index is 1.74. The molecule has 0 spiro atoms. The molecule has 2 aliphatic rings. The molecule has 20 heavy (non-hydrogen) atoms. The molecular formula is C15H23N3O2. The highest BCUT2D eigenvalue weighted by Crippen LogP contribution is 2.30. The van der Waals surface area contributed by atoms with Crippen LogP contribution in [0.15, 0.2) is 6.20 Å². The van der Waals surface area contributed by atoms with E-state index in [2.05, 4.69) is 21.4 Å². The monoisotopic (exact) mass is 277 g/mol. The highest BCUT2D eigenvalue weighted by atomic mass is 16.4. The minimum atomic E-state index is -0.713. The number of imidazole rings is 1. The highest BCUT2D eigenvalue weighted by Gasteiger charge is 2.30. The van der Waals surface area contributed by atoms with E-state index in [1.54, 1.807) is 6.20 Å². The van der Waals surface area contributed by atoms with E-state index in [0.29, 0.717) is 5.92 Å². The lowest BCUT2D eigenvalue weighted by Crippen LogP contribution is -2.24. The molecule has 3 rings (SSSR count). The third kappa shape index (κ3) is 2.46. The van der Waals surface area contributed by atoms with Crippen molar-refractivity contribution in [3.63, 3.8) is 0 Å². The van der Waals surface area contributed by atoms with E-state index in [0.717, 1.165) is 50.4 Å². The Kier molecular flexibility index (Phi) is 3.78. The van der Waals surface area contributed by atoms with Gasteiger partial charge in [-0.25, -0.2) is 4.98 Å². The molecule has 1 aromatic rings. The van der Waals surface area contributed by atoms with Gasteiger partial charge in [0.2, 0.25) is 0 Å². The molecule has 0 amide bonds. The molecule has 1 N–H and O–H groups in total. The van der Waals surface area contributed by atoms with Gasteiger partial charge in [-0.05, 0) is 38.3 Å². The number of carboxylic acid groups (broad SMARTS) is 1. The number of carboxylic acids is 1. The summed E-state index contributed by atoms with van der Waals surface area (Å²) in [5, 5.41) is 9.30. The minimum Gasteiger partial charge on any atom is -0.481 e. The smallest absolute Gasteiger partial charge is 0.312 e. The summed E-state index contributed by atoms with van der Waals surface area (Å²) >= 11 is 0. The van der Waals surface area contributed by atoms with Crippen molar-refractivity contribution >= 4 is 5.97 Å². The van der Waals surface area contributed by atoms with E-state index in [-0.39, 0.29) is 5.92 Å². The van der Waals surface area contributed by atoms with Gasteiger partial charge < -0.3 is 14.6 Å². The Morgan fingerprint density at radius 3 is 3.00 bits per heavy atom.